The van der Waals surface area contributed by atoms with E-state index in [-0.39, 0.29) is 11.1 Å². The van der Waals surface area contributed by atoms with E-state index in [1.54, 1.807) is 6.07 Å². The van der Waals surface area contributed by atoms with E-state index in [1.807, 2.05) is 0 Å². The average molecular weight is 314 g/mol. The van der Waals surface area contributed by atoms with Crippen molar-refractivity contribution in [3.05, 3.63) is 62.6 Å². The topological polar surface area (TPSA) is 43.1 Å². The third-order valence-corrected chi connectivity index (χ3v) is 3.06. The van der Waals surface area contributed by atoms with Crippen LogP contribution in [0, 0.1) is 21.7 Å². The number of hydrogen-bond donors (Lipinski definition) is 0. The van der Waals surface area contributed by atoms with Gasteiger partial charge in [-0.2, -0.15) is 4.39 Å². The van der Waals surface area contributed by atoms with E-state index in [4.69, 9.17) is 0 Å². The zero-order chi connectivity index (χ0) is 13.3. The van der Waals surface area contributed by atoms with Gasteiger partial charge in [0.1, 0.15) is 5.82 Å². The molecule has 2 aromatic carbocycles. The molecule has 0 spiro atoms. The summed E-state index contributed by atoms with van der Waals surface area (Å²) in [5, 5.41) is 10.5. The number of rotatable bonds is 2. The molecule has 0 aliphatic rings. The molecule has 3 nitrogen and oxygen atoms in total. The minimum atomic E-state index is -0.993. The lowest BCUT2D eigenvalue weighted by atomic mass is 10.0. The SMILES string of the molecule is O=[N+]([O-])c1ccc(-c2c(F)cccc2Br)cc1F. The van der Waals surface area contributed by atoms with Gasteiger partial charge in [-0.1, -0.05) is 22.0 Å². The molecule has 18 heavy (non-hydrogen) atoms. The molecule has 0 aliphatic heterocycles. The predicted octanol–water partition coefficient (Wildman–Crippen LogP) is 4.30. The summed E-state index contributed by atoms with van der Waals surface area (Å²) in [5.74, 6) is -1.52. The highest BCUT2D eigenvalue weighted by molar-refractivity contribution is 9.10. The minimum absolute atomic E-state index is 0.172. The summed E-state index contributed by atoms with van der Waals surface area (Å²) in [6, 6.07) is 7.62. The predicted molar refractivity (Wildman–Crippen MR) is 66.1 cm³/mol. The van der Waals surface area contributed by atoms with Crippen molar-refractivity contribution in [1.82, 2.24) is 0 Å². The first-order valence-corrected chi connectivity index (χ1v) is 5.68. The van der Waals surface area contributed by atoms with Crippen molar-refractivity contribution in [2.45, 2.75) is 0 Å². The third kappa shape index (κ3) is 2.24. The summed E-state index contributed by atoms with van der Waals surface area (Å²) >= 11 is 3.16. The number of nitro benzene ring substituents is 1. The molecule has 2 aromatic rings. The normalized spacial score (nSPS) is 10.4. The molecule has 0 aliphatic carbocycles. The van der Waals surface area contributed by atoms with Crippen molar-refractivity contribution in [3.8, 4) is 11.1 Å². The fourth-order valence-electron chi connectivity index (χ4n) is 1.58. The van der Waals surface area contributed by atoms with Gasteiger partial charge in [-0.3, -0.25) is 10.1 Å². The lowest BCUT2D eigenvalue weighted by molar-refractivity contribution is -0.387. The maximum absolute atomic E-state index is 13.6. The summed E-state index contributed by atoms with van der Waals surface area (Å²) in [5.41, 5.74) is -0.222. The van der Waals surface area contributed by atoms with Crippen LogP contribution in [0.4, 0.5) is 14.5 Å². The first-order chi connectivity index (χ1) is 8.50. The third-order valence-electron chi connectivity index (χ3n) is 2.40. The van der Waals surface area contributed by atoms with Gasteiger partial charge in [-0.05, 0) is 29.8 Å². The zero-order valence-electron chi connectivity index (χ0n) is 8.86. The Morgan fingerprint density at radius 1 is 1.11 bits per heavy atom. The lowest BCUT2D eigenvalue weighted by Gasteiger charge is -2.06. The molecule has 0 aromatic heterocycles. The van der Waals surface area contributed by atoms with Gasteiger partial charge in [0.25, 0.3) is 0 Å². The summed E-state index contributed by atoms with van der Waals surface area (Å²) in [6.07, 6.45) is 0. The minimum Gasteiger partial charge on any atom is -0.258 e. The number of halogens is 3. The van der Waals surface area contributed by atoms with Crippen LogP contribution in [0.2, 0.25) is 0 Å². The molecule has 0 saturated carbocycles. The van der Waals surface area contributed by atoms with Crippen LogP contribution in [0.5, 0.6) is 0 Å². The molecule has 0 atom stereocenters. The molecule has 0 unspecified atom stereocenters. The van der Waals surface area contributed by atoms with Crippen molar-refractivity contribution in [3.63, 3.8) is 0 Å². The number of hydrogen-bond acceptors (Lipinski definition) is 2. The quantitative estimate of drug-likeness (QED) is 0.612. The molecule has 0 saturated heterocycles. The second-order valence-electron chi connectivity index (χ2n) is 3.52. The van der Waals surface area contributed by atoms with Crippen LogP contribution in [-0.2, 0) is 0 Å². The lowest BCUT2D eigenvalue weighted by Crippen LogP contribution is -1.94. The van der Waals surface area contributed by atoms with Gasteiger partial charge in [-0.25, -0.2) is 4.39 Å². The zero-order valence-corrected chi connectivity index (χ0v) is 10.4. The highest BCUT2D eigenvalue weighted by Gasteiger charge is 2.17. The van der Waals surface area contributed by atoms with Gasteiger partial charge in [0.15, 0.2) is 0 Å². The Bertz CT molecular complexity index is 611. The largest absolute Gasteiger partial charge is 0.304 e. The Labute approximate surface area is 109 Å². The standard InChI is InChI=1S/C12H6BrF2NO2/c13-8-2-1-3-9(14)12(8)7-4-5-11(16(17)18)10(15)6-7/h1-6H. The molecule has 92 valence electrons. The van der Waals surface area contributed by atoms with Gasteiger partial charge < -0.3 is 0 Å². The highest BCUT2D eigenvalue weighted by atomic mass is 79.9. The second kappa shape index (κ2) is 4.81. The Balaban J connectivity index is 2.59. The molecule has 0 amide bonds. The second-order valence-corrected chi connectivity index (χ2v) is 4.37. The Kier molecular flexibility index (Phi) is 3.38. The van der Waals surface area contributed by atoms with Gasteiger partial charge in [0, 0.05) is 16.1 Å². The molecular weight excluding hydrogens is 308 g/mol. The summed E-state index contributed by atoms with van der Waals surface area (Å²) in [7, 11) is 0. The fraction of sp³-hybridized carbons (Fsp3) is 0. The van der Waals surface area contributed by atoms with Crippen molar-refractivity contribution < 1.29 is 13.7 Å². The first-order valence-electron chi connectivity index (χ1n) is 4.89. The average Bonchev–Trinajstić information content (AvgIpc) is 2.28. The van der Waals surface area contributed by atoms with E-state index in [9.17, 15) is 18.9 Å². The van der Waals surface area contributed by atoms with Crippen LogP contribution in [0.3, 0.4) is 0 Å². The van der Waals surface area contributed by atoms with E-state index in [0.717, 1.165) is 12.1 Å². The molecule has 0 radical (unpaired) electrons. The van der Waals surface area contributed by atoms with Gasteiger partial charge in [0.2, 0.25) is 5.82 Å². The molecule has 0 heterocycles. The number of nitro groups is 1. The van der Waals surface area contributed by atoms with Crippen molar-refractivity contribution in [2.75, 3.05) is 0 Å². The Hall–Kier alpha value is -1.82. The summed E-state index contributed by atoms with van der Waals surface area (Å²) in [4.78, 5) is 9.66. The molecule has 0 fully saturated rings. The van der Waals surface area contributed by atoms with Crippen LogP contribution in [0.25, 0.3) is 11.1 Å². The Morgan fingerprint density at radius 2 is 1.83 bits per heavy atom. The van der Waals surface area contributed by atoms with Crippen molar-refractivity contribution in [2.24, 2.45) is 0 Å². The van der Waals surface area contributed by atoms with Crippen LogP contribution in [0.1, 0.15) is 0 Å². The number of benzene rings is 2. The van der Waals surface area contributed by atoms with Crippen molar-refractivity contribution >= 4 is 21.6 Å². The number of nitrogens with zero attached hydrogens (tertiary/aromatic N) is 1. The van der Waals surface area contributed by atoms with Crippen LogP contribution < -0.4 is 0 Å². The molecule has 0 bridgehead atoms. The molecule has 0 N–H and O–H groups in total. The molecule has 2 rings (SSSR count). The monoisotopic (exact) mass is 313 g/mol. The Morgan fingerprint density at radius 3 is 2.39 bits per heavy atom. The van der Waals surface area contributed by atoms with Crippen LogP contribution in [-0.4, -0.2) is 4.92 Å². The van der Waals surface area contributed by atoms with Gasteiger partial charge >= 0.3 is 5.69 Å². The van der Waals surface area contributed by atoms with E-state index < -0.39 is 22.2 Å². The fourth-order valence-corrected chi connectivity index (χ4v) is 2.15. The molecular formula is C12H6BrF2NO2. The van der Waals surface area contributed by atoms with E-state index in [0.29, 0.717) is 4.47 Å². The van der Waals surface area contributed by atoms with Crippen LogP contribution >= 0.6 is 15.9 Å². The maximum atomic E-state index is 13.6. The highest BCUT2D eigenvalue weighted by Crippen LogP contribution is 2.32. The van der Waals surface area contributed by atoms with E-state index >= 15 is 0 Å². The van der Waals surface area contributed by atoms with Crippen molar-refractivity contribution in [1.29, 1.82) is 0 Å². The summed E-state index contributed by atoms with van der Waals surface area (Å²) < 4.78 is 27.6. The van der Waals surface area contributed by atoms with Gasteiger partial charge in [-0.15, -0.1) is 0 Å². The smallest absolute Gasteiger partial charge is 0.258 e. The summed E-state index contributed by atoms with van der Waals surface area (Å²) in [6.45, 7) is 0. The maximum Gasteiger partial charge on any atom is 0.304 e. The van der Waals surface area contributed by atoms with Crippen LogP contribution in [0.15, 0.2) is 40.9 Å². The van der Waals surface area contributed by atoms with E-state index in [1.165, 1.54) is 18.2 Å². The molecule has 6 heteroatoms. The van der Waals surface area contributed by atoms with Gasteiger partial charge in [0.05, 0.1) is 4.92 Å². The first kappa shape index (κ1) is 12.6. The van der Waals surface area contributed by atoms with E-state index in [2.05, 4.69) is 15.9 Å².